The Kier molecular flexibility index (Phi) is 4.67. The van der Waals surface area contributed by atoms with E-state index in [0.717, 1.165) is 12.8 Å². The first kappa shape index (κ1) is 9.44. The summed E-state index contributed by atoms with van der Waals surface area (Å²) >= 11 is 0. The molecule has 1 rings (SSSR count). The standard InChI is InChI=1S/C7H12O5/c8-6-9-5-3-7-2-1-4-10-12-11-7/h6-7H,1-5H2. The van der Waals surface area contributed by atoms with Gasteiger partial charge in [-0.25, -0.2) is 9.78 Å². The van der Waals surface area contributed by atoms with Gasteiger partial charge in [0.2, 0.25) is 0 Å². The molecule has 1 atom stereocenters. The van der Waals surface area contributed by atoms with Gasteiger partial charge in [-0.15, -0.1) is 0 Å². The third-order valence-corrected chi connectivity index (χ3v) is 1.60. The van der Waals surface area contributed by atoms with Gasteiger partial charge >= 0.3 is 0 Å². The van der Waals surface area contributed by atoms with E-state index in [1.807, 2.05) is 0 Å². The summed E-state index contributed by atoms with van der Waals surface area (Å²) in [5.74, 6) is 0. The van der Waals surface area contributed by atoms with E-state index in [0.29, 0.717) is 26.1 Å². The van der Waals surface area contributed by atoms with Crippen molar-refractivity contribution in [2.45, 2.75) is 25.4 Å². The number of ether oxygens (including phenoxy) is 1. The zero-order valence-electron chi connectivity index (χ0n) is 6.73. The third kappa shape index (κ3) is 3.66. The summed E-state index contributed by atoms with van der Waals surface area (Å²) in [7, 11) is 0. The Hall–Kier alpha value is -0.650. The summed E-state index contributed by atoms with van der Waals surface area (Å²) < 4.78 is 4.52. The third-order valence-electron chi connectivity index (χ3n) is 1.60. The van der Waals surface area contributed by atoms with Gasteiger partial charge in [0.25, 0.3) is 6.47 Å². The molecule has 0 aliphatic carbocycles. The summed E-state index contributed by atoms with van der Waals surface area (Å²) in [6, 6.07) is 0. The molecule has 0 radical (unpaired) electrons. The molecule has 12 heavy (non-hydrogen) atoms. The fourth-order valence-electron chi connectivity index (χ4n) is 0.975. The Morgan fingerprint density at radius 3 is 3.33 bits per heavy atom. The molecule has 1 aliphatic rings. The lowest BCUT2D eigenvalue weighted by Gasteiger charge is -2.09. The number of hydrogen-bond donors (Lipinski definition) is 0. The monoisotopic (exact) mass is 176 g/mol. The molecule has 0 aromatic rings. The molecule has 1 aliphatic heterocycles. The number of carbonyl (C=O) groups is 1. The van der Waals surface area contributed by atoms with Crippen molar-refractivity contribution in [1.82, 2.24) is 0 Å². The van der Waals surface area contributed by atoms with Crippen molar-refractivity contribution in [3.8, 4) is 0 Å². The van der Waals surface area contributed by atoms with Crippen molar-refractivity contribution < 1.29 is 24.3 Å². The molecule has 0 aromatic heterocycles. The topological polar surface area (TPSA) is 54.0 Å². The second-order valence-electron chi connectivity index (χ2n) is 2.51. The van der Waals surface area contributed by atoms with E-state index < -0.39 is 0 Å². The van der Waals surface area contributed by atoms with Crippen LogP contribution >= 0.6 is 0 Å². The van der Waals surface area contributed by atoms with Crippen LogP contribution in [0.25, 0.3) is 0 Å². The van der Waals surface area contributed by atoms with Crippen LogP contribution in [0.5, 0.6) is 0 Å². The molecule has 5 nitrogen and oxygen atoms in total. The average Bonchev–Trinajstić information content (AvgIpc) is 2.33. The van der Waals surface area contributed by atoms with E-state index in [9.17, 15) is 4.79 Å². The zero-order chi connectivity index (χ0) is 8.65. The Labute approximate surface area is 70.4 Å². The Bertz CT molecular complexity index is 119. The van der Waals surface area contributed by atoms with Gasteiger partial charge in [-0.3, -0.25) is 4.79 Å². The van der Waals surface area contributed by atoms with Gasteiger partial charge in [-0.05, 0) is 12.8 Å². The minimum Gasteiger partial charge on any atom is -0.468 e. The van der Waals surface area contributed by atoms with Crippen molar-refractivity contribution in [3.63, 3.8) is 0 Å². The highest BCUT2D eigenvalue weighted by Gasteiger charge is 2.14. The van der Waals surface area contributed by atoms with Crippen molar-refractivity contribution in [2.24, 2.45) is 0 Å². The maximum atomic E-state index is 9.80. The van der Waals surface area contributed by atoms with Crippen molar-refractivity contribution >= 4 is 6.47 Å². The quantitative estimate of drug-likeness (QED) is 0.356. The fourth-order valence-corrected chi connectivity index (χ4v) is 0.975. The van der Waals surface area contributed by atoms with Crippen LogP contribution in [0.15, 0.2) is 0 Å². The highest BCUT2D eigenvalue weighted by atomic mass is 17.5. The molecule has 1 unspecified atom stereocenters. The minimum absolute atomic E-state index is 0.0348. The minimum atomic E-state index is -0.0348. The maximum Gasteiger partial charge on any atom is 0.293 e. The van der Waals surface area contributed by atoms with Gasteiger partial charge in [0.1, 0.15) is 0 Å². The number of hydrogen-bond acceptors (Lipinski definition) is 5. The summed E-state index contributed by atoms with van der Waals surface area (Å²) in [5, 5.41) is 4.39. The predicted molar refractivity (Wildman–Crippen MR) is 37.8 cm³/mol. The molecule has 0 bridgehead atoms. The highest BCUT2D eigenvalue weighted by Crippen LogP contribution is 2.11. The summed E-state index contributed by atoms with van der Waals surface area (Å²) in [4.78, 5) is 19.2. The second-order valence-corrected chi connectivity index (χ2v) is 2.51. The van der Waals surface area contributed by atoms with Gasteiger partial charge in [-0.2, -0.15) is 0 Å². The Balaban J connectivity index is 2.07. The average molecular weight is 176 g/mol. The number of carbonyl (C=O) groups excluding carboxylic acids is 1. The Morgan fingerprint density at radius 2 is 2.50 bits per heavy atom. The maximum absolute atomic E-state index is 9.80. The molecular formula is C7H12O5. The van der Waals surface area contributed by atoms with Crippen LogP contribution in [-0.2, 0) is 24.3 Å². The van der Waals surface area contributed by atoms with Gasteiger partial charge in [0.05, 0.1) is 19.3 Å². The van der Waals surface area contributed by atoms with Crippen LogP contribution in [-0.4, -0.2) is 25.8 Å². The van der Waals surface area contributed by atoms with E-state index in [-0.39, 0.29) is 6.10 Å². The van der Waals surface area contributed by atoms with Crippen LogP contribution in [0.2, 0.25) is 0 Å². The van der Waals surface area contributed by atoms with Crippen LogP contribution in [0, 0.1) is 0 Å². The lowest BCUT2D eigenvalue weighted by molar-refractivity contribution is -0.518. The molecule has 1 heterocycles. The van der Waals surface area contributed by atoms with E-state index in [1.54, 1.807) is 0 Å². The van der Waals surface area contributed by atoms with E-state index in [1.165, 1.54) is 0 Å². The molecule has 5 heteroatoms. The first-order valence-electron chi connectivity index (χ1n) is 3.93. The van der Waals surface area contributed by atoms with Gasteiger partial charge in [0, 0.05) is 6.42 Å². The molecule has 1 saturated heterocycles. The molecule has 70 valence electrons. The van der Waals surface area contributed by atoms with Crippen molar-refractivity contribution in [3.05, 3.63) is 0 Å². The summed E-state index contributed by atoms with van der Waals surface area (Å²) in [5.41, 5.74) is 0. The molecule has 0 saturated carbocycles. The van der Waals surface area contributed by atoms with E-state index in [2.05, 4.69) is 14.7 Å². The SMILES string of the molecule is O=COCCC1CCCOOO1. The van der Waals surface area contributed by atoms with Crippen molar-refractivity contribution in [2.75, 3.05) is 13.2 Å². The number of rotatable bonds is 4. The van der Waals surface area contributed by atoms with Gasteiger partial charge in [-0.1, -0.05) is 5.04 Å². The fraction of sp³-hybridized carbons (Fsp3) is 0.857. The smallest absolute Gasteiger partial charge is 0.293 e. The lowest BCUT2D eigenvalue weighted by atomic mass is 10.1. The molecule has 0 aromatic carbocycles. The van der Waals surface area contributed by atoms with E-state index >= 15 is 0 Å². The normalized spacial score (nSPS) is 24.5. The first-order valence-corrected chi connectivity index (χ1v) is 3.93. The second kappa shape index (κ2) is 5.93. The molecular weight excluding hydrogens is 164 g/mol. The van der Waals surface area contributed by atoms with Crippen LogP contribution in [0.4, 0.5) is 0 Å². The Morgan fingerprint density at radius 1 is 1.58 bits per heavy atom. The van der Waals surface area contributed by atoms with Gasteiger partial charge in [0.15, 0.2) is 0 Å². The van der Waals surface area contributed by atoms with Gasteiger partial charge < -0.3 is 4.74 Å². The zero-order valence-corrected chi connectivity index (χ0v) is 6.73. The van der Waals surface area contributed by atoms with Crippen LogP contribution in [0.3, 0.4) is 0 Å². The summed E-state index contributed by atoms with van der Waals surface area (Å²) in [6.45, 7) is 1.33. The molecule has 0 N–H and O–H groups in total. The predicted octanol–water partition coefficient (Wildman–Crippen LogP) is 0.592. The van der Waals surface area contributed by atoms with Crippen LogP contribution < -0.4 is 0 Å². The molecule has 0 amide bonds. The molecule has 1 fully saturated rings. The largest absolute Gasteiger partial charge is 0.468 e. The highest BCUT2D eigenvalue weighted by molar-refractivity contribution is 5.36. The first-order chi connectivity index (χ1) is 5.93. The molecule has 0 spiro atoms. The summed E-state index contributed by atoms with van der Waals surface area (Å²) in [6.07, 6.45) is 2.36. The van der Waals surface area contributed by atoms with Crippen LogP contribution in [0.1, 0.15) is 19.3 Å². The lowest BCUT2D eigenvalue weighted by Crippen LogP contribution is -2.13. The van der Waals surface area contributed by atoms with Crippen molar-refractivity contribution in [1.29, 1.82) is 0 Å². The van der Waals surface area contributed by atoms with E-state index in [4.69, 9.17) is 4.89 Å².